The Morgan fingerprint density at radius 2 is 2.00 bits per heavy atom. The largest absolute Gasteiger partial charge is 0.444 e. The summed E-state index contributed by atoms with van der Waals surface area (Å²) in [5.74, 6) is 0. The van der Waals surface area contributed by atoms with Crippen LogP contribution in [0, 0.1) is 0 Å². The molecule has 12 heavy (non-hydrogen) atoms. The minimum atomic E-state index is -0.442. The Morgan fingerprint density at radius 3 is 2.33 bits per heavy atom. The zero-order valence-corrected chi connectivity index (χ0v) is 7.88. The Balaban J connectivity index is 2.21. The van der Waals surface area contributed by atoms with Crippen molar-refractivity contribution in [3.8, 4) is 0 Å². The summed E-state index contributed by atoms with van der Waals surface area (Å²) in [6, 6.07) is 0. The SMILES string of the molecule is CC1OC1NC(=O)OC(C)(C)C. The molecule has 1 fully saturated rings. The maximum atomic E-state index is 11.0. The second-order valence-electron chi connectivity index (χ2n) is 3.91. The van der Waals surface area contributed by atoms with Crippen molar-refractivity contribution in [3.05, 3.63) is 0 Å². The second-order valence-corrected chi connectivity index (χ2v) is 3.91. The molecule has 1 heterocycles. The Hall–Kier alpha value is -0.770. The molecule has 0 bridgehead atoms. The molecule has 0 aliphatic carbocycles. The van der Waals surface area contributed by atoms with Crippen molar-refractivity contribution >= 4 is 6.09 Å². The Labute approximate surface area is 72.2 Å². The first-order chi connectivity index (χ1) is 5.38. The minimum absolute atomic E-state index is 0.123. The molecule has 70 valence electrons. The molecule has 1 saturated heterocycles. The number of amides is 1. The molecule has 1 aliphatic rings. The van der Waals surface area contributed by atoms with Crippen LogP contribution >= 0.6 is 0 Å². The van der Waals surface area contributed by atoms with Crippen molar-refractivity contribution in [1.29, 1.82) is 0 Å². The van der Waals surface area contributed by atoms with Crippen LogP contribution in [-0.2, 0) is 9.47 Å². The molecule has 0 spiro atoms. The van der Waals surface area contributed by atoms with Gasteiger partial charge in [0.1, 0.15) is 11.7 Å². The molecule has 1 rings (SSSR count). The van der Waals surface area contributed by atoms with Gasteiger partial charge in [0, 0.05) is 0 Å². The summed E-state index contributed by atoms with van der Waals surface area (Å²) in [7, 11) is 0. The molecule has 0 aromatic carbocycles. The highest BCUT2D eigenvalue weighted by atomic mass is 16.6. The van der Waals surface area contributed by atoms with Gasteiger partial charge in [0.25, 0.3) is 0 Å². The molecule has 4 heteroatoms. The standard InChI is InChI=1S/C8H15NO3/c1-5-6(11-5)9-7(10)12-8(2,3)4/h5-6H,1-4H3,(H,9,10). The van der Waals surface area contributed by atoms with Gasteiger partial charge in [0.05, 0.1) is 0 Å². The van der Waals surface area contributed by atoms with Crippen molar-refractivity contribution in [3.63, 3.8) is 0 Å². The highest BCUT2D eigenvalue weighted by Crippen LogP contribution is 2.18. The van der Waals surface area contributed by atoms with Gasteiger partial charge >= 0.3 is 6.09 Å². The van der Waals surface area contributed by atoms with E-state index in [0.29, 0.717) is 0 Å². The first-order valence-corrected chi connectivity index (χ1v) is 4.03. The van der Waals surface area contributed by atoms with E-state index in [9.17, 15) is 4.79 Å². The van der Waals surface area contributed by atoms with Gasteiger partial charge < -0.3 is 9.47 Å². The molecule has 1 N–H and O–H groups in total. The van der Waals surface area contributed by atoms with E-state index < -0.39 is 11.7 Å². The van der Waals surface area contributed by atoms with E-state index in [1.54, 1.807) is 0 Å². The molecule has 2 atom stereocenters. The van der Waals surface area contributed by atoms with E-state index in [1.807, 2.05) is 27.7 Å². The minimum Gasteiger partial charge on any atom is -0.444 e. The fourth-order valence-electron chi connectivity index (χ4n) is 0.761. The van der Waals surface area contributed by atoms with Gasteiger partial charge in [0.15, 0.2) is 6.23 Å². The quantitative estimate of drug-likeness (QED) is 0.607. The van der Waals surface area contributed by atoms with Crippen molar-refractivity contribution < 1.29 is 14.3 Å². The third-order valence-electron chi connectivity index (χ3n) is 1.37. The Bertz CT molecular complexity index is 185. The van der Waals surface area contributed by atoms with Crippen LogP contribution < -0.4 is 5.32 Å². The van der Waals surface area contributed by atoms with Gasteiger partial charge in [-0.05, 0) is 27.7 Å². The summed E-state index contributed by atoms with van der Waals surface area (Å²) in [4.78, 5) is 11.0. The molecule has 0 radical (unpaired) electrons. The summed E-state index contributed by atoms with van der Waals surface area (Å²) < 4.78 is 10.00. The lowest BCUT2D eigenvalue weighted by Crippen LogP contribution is -2.34. The Morgan fingerprint density at radius 1 is 1.50 bits per heavy atom. The molecular weight excluding hydrogens is 158 g/mol. The van der Waals surface area contributed by atoms with Crippen LogP contribution in [0.15, 0.2) is 0 Å². The first kappa shape index (κ1) is 9.32. The molecule has 1 aliphatic heterocycles. The van der Waals surface area contributed by atoms with Crippen LogP contribution in [0.3, 0.4) is 0 Å². The number of nitrogens with one attached hydrogen (secondary N) is 1. The number of hydrogen-bond acceptors (Lipinski definition) is 3. The monoisotopic (exact) mass is 173 g/mol. The number of carbonyl (C=O) groups is 1. The van der Waals surface area contributed by atoms with Gasteiger partial charge in [-0.1, -0.05) is 0 Å². The van der Waals surface area contributed by atoms with Gasteiger partial charge in [-0.25, -0.2) is 4.79 Å². The fourth-order valence-corrected chi connectivity index (χ4v) is 0.761. The summed E-state index contributed by atoms with van der Waals surface area (Å²) in [5, 5.41) is 2.58. The van der Waals surface area contributed by atoms with E-state index in [0.717, 1.165) is 0 Å². The van der Waals surface area contributed by atoms with Gasteiger partial charge in [-0.3, -0.25) is 5.32 Å². The molecule has 4 nitrogen and oxygen atoms in total. The van der Waals surface area contributed by atoms with Crippen LogP contribution in [0.1, 0.15) is 27.7 Å². The van der Waals surface area contributed by atoms with E-state index in [4.69, 9.17) is 9.47 Å². The van der Waals surface area contributed by atoms with Crippen molar-refractivity contribution in [2.24, 2.45) is 0 Å². The summed E-state index contributed by atoms with van der Waals surface area (Å²) in [6.07, 6.45) is -0.450. The van der Waals surface area contributed by atoms with E-state index >= 15 is 0 Å². The van der Waals surface area contributed by atoms with Gasteiger partial charge in [0.2, 0.25) is 0 Å². The summed E-state index contributed by atoms with van der Waals surface area (Å²) in [6.45, 7) is 7.36. The van der Waals surface area contributed by atoms with Gasteiger partial charge in [-0.2, -0.15) is 0 Å². The van der Waals surface area contributed by atoms with Crippen molar-refractivity contribution in [2.45, 2.75) is 45.6 Å². The third kappa shape index (κ3) is 3.09. The Kier molecular flexibility index (Phi) is 2.28. The maximum absolute atomic E-state index is 11.0. The fraction of sp³-hybridized carbons (Fsp3) is 0.875. The molecule has 0 aromatic heterocycles. The number of epoxide rings is 1. The van der Waals surface area contributed by atoms with Gasteiger partial charge in [-0.15, -0.1) is 0 Å². The smallest absolute Gasteiger partial charge is 0.409 e. The van der Waals surface area contributed by atoms with E-state index in [2.05, 4.69) is 5.32 Å². The average Bonchev–Trinajstić information content (AvgIpc) is 2.40. The lowest BCUT2D eigenvalue weighted by Gasteiger charge is -2.19. The maximum Gasteiger partial charge on any atom is 0.409 e. The molecule has 1 amide bonds. The number of hydrogen-bond donors (Lipinski definition) is 1. The number of ether oxygens (including phenoxy) is 2. The summed E-state index contributed by atoms with van der Waals surface area (Å²) in [5.41, 5.74) is -0.442. The predicted octanol–water partition coefficient (Wildman–Crippen LogP) is 1.26. The zero-order chi connectivity index (χ0) is 9.35. The number of rotatable bonds is 1. The normalized spacial score (nSPS) is 28.0. The number of carbonyl (C=O) groups excluding carboxylic acids is 1. The molecule has 2 unspecified atom stereocenters. The highest BCUT2D eigenvalue weighted by Gasteiger charge is 2.36. The van der Waals surface area contributed by atoms with Crippen molar-refractivity contribution in [1.82, 2.24) is 5.32 Å². The van der Waals surface area contributed by atoms with Crippen molar-refractivity contribution in [2.75, 3.05) is 0 Å². The molecular formula is C8H15NO3. The molecule has 0 saturated carbocycles. The van der Waals surface area contributed by atoms with E-state index in [-0.39, 0.29) is 12.3 Å². The first-order valence-electron chi connectivity index (χ1n) is 4.03. The lowest BCUT2D eigenvalue weighted by molar-refractivity contribution is 0.0503. The van der Waals surface area contributed by atoms with Crippen LogP contribution in [0.2, 0.25) is 0 Å². The van der Waals surface area contributed by atoms with Crippen LogP contribution in [0.5, 0.6) is 0 Å². The van der Waals surface area contributed by atoms with Crippen LogP contribution in [0.4, 0.5) is 4.79 Å². The van der Waals surface area contributed by atoms with E-state index in [1.165, 1.54) is 0 Å². The van der Waals surface area contributed by atoms with Crippen LogP contribution in [0.25, 0.3) is 0 Å². The second kappa shape index (κ2) is 2.94. The lowest BCUT2D eigenvalue weighted by atomic mass is 10.2. The third-order valence-corrected chi connectivity index (χ3v) is 1.37. The van der Waals surface area contributed by atoms with Crippen LogP contribution in [-0.4, -0.2) is 24.0 Å². The molecule has 0 aromatic rings. The highest BCUT2D eigenvalue weighted by molar-refractivity contribution is 5.68. The topological polar surface area (TPSA) is 50.9 Å². The number of alkyl carbamates (subject to hydrolysis) is 1. The zero-order valence-electron chi connectivity index (χ0n) is 7.88. The predicted molar refractivity (Wildman–Crippen MR) is 43.7 cm³/mol. The average molecular weight is 173 g/mol. The summed E-state index contributed by atoms with van der Waals surface area (Å²) >= 11 is 0.